The van der Waals surface area contributed by atoms with Crippen LogP contribution in [0.2, 0.25) is 0 Å². The Bertz CT molecular complexity index is 870. The van der Waals surface area contributed by atoms with Crippen molar-refractivity contribution in [3.63, 3.8) is 0 Å². The Morgan fingerprint density at radius 3 is 2.83 bits per heavy atom. The first-order valence-corrected chi connectivity index (χ1v) is 7.94. The first-order valence-electron chi connectivity index (χ1n) is 7.94. The first kappa shape index (κ1) is 16.0. The van der Waals surface area contributed by atoms with Gasteiger partial charge in [-0.25, -0.2) is 4.98 Å². The van der Waals surface area contributed by atoms with Crippen molar-refractivity contribution in [2.45, 2.75) is 20.3 Å². The van der Waals surface area contributed by atoms with Gasteiger partial charge < -0.3 is 10.3 Å². The molecule has 2 heterocycles. The van der Waals surface area contributed by atoms with E-state index >= 15 is 0 Å². The molecular weight excluding hydrogens is 302 g/mol. The van der Waals surface area contributed by atoms with Crippen molar-refractivity contribution in [3.05, 3.63) is 53.1 Å². The molecule has 1 aromatic carbocycles. The van der Waals surface area contributed by atoms with Crippen molar-refractivity contribution in [3.8, 4) is 0 Å². The lowest BCUT2D eigenvalue weighted by Gasteiger charge is -2.00. The van der Waals surface area contributed by atoms with Gasteiger partial charge in [0.1, 0.15) is 5.82 Å². The van der Waals surface area contributed by atoms with Crippen LogP contribution in [0.15, 0.2) is 30.3 Å². The van der Waals surface area contributed by atoms with Crippen LogP contribution < -0.4 is 5.32 Å². The molecule has 0 radical (unpaired) electrons. The van der Waals surface area contributed by atoms with E-state index in [0.717, 1.165) is 33.8 Å². The number of carbonyl (C=O) groups excluding carboxylic acids is 1. The first-order chi connectivity index (χ1) is 11.5. The van der Waals surface area contributed by atoms with E-state index in [4.69, 9.17) is 0 Å². The van der Waals surface area contributed by atoms with Crippen molar-refractivity contribution in [1.82, 2.24) is 25.1 Å². The lowest BCUT2D eigenvalue weighted by molar-refractivity contribution is -0.116. The number of rotatable bonds is 5. The molecule has 0 bridgehead atoms. The Morgan fingerprint density at radius 1 is 1.33 bits per heavy atom. The minimum atomic E-state index is -0.117. The van der Waals surface area contributed by atoms with Crippen LogP contribution >= 0.6 is 0 Å². The molecule has 6 heteroatoms. The van der Waals surface area contributed by atoms with E-state index in [1.165, 1.54) is 0 Å². The van der Waals surface area contributed by atoms with E-state index in [9.17, 15) is 4.79 Å². The SMILES string of the molecule is Cc1nn(C)c(C)c1/C=C/C(=O)NCCc1nc2ccccc2[nH]1. The topological polar surface area (TPSA) is 75.6 Å². The quantitative estimate of drug-likeness (QED) is 0.707. The molecule has 124 valence electrons. The summed E-state index contributed by atoms with van der Waals surface area (Å²) in [5, 5.41) is 7.21. The molecule has 6 nitrogen and oxygen atoms in total. The molecule has 0 spiro atoms. The second-order valence-electron chi connectivity index (χ2n) is 5.78. The monoisotopic (exact) mass is 323 g/mol. The summed E-state index contributed by atoms with van der Waals surface area (Å²) in [5.74, 6) is 0.758. The molecule has 0 aliphatic heterocycles. The molecule has 0 atom stereocenters. The van der Waals surface area contributed by atoms with Gasteiger partial charge in [-0.3, -0.25) is 9.48 Å². The van der Waals surface area contributed by atoms with Gasteiger partial charge in [0, 0.05) is 37.3 Å². The van der Waals surface area contributed by atoms with Crippen LogP contribution in [0.1, 0.15) is 22.8 Å². The molecule has 0 unspecified atom stereocenters. The van der Waals surface area contributed by atoms with E-state index in [1.54, 1.807) is 6.08 Å². The number of hydrogen-bond acceptors (Lipinski definition) is 3. The molecule has 0 aliphatic rings. The van der Waals surface area contributed by atoms with E-state index in [0.29, 0.717) is 13.0 Å². The summed E-state index contributed by atoms with van der Waals surface area (Å²) in [5.41, 5.74) is 4.91. The maximum Gasteiger partial charge on any atom is 0.244 e. The zero-order valence-corrected chi connectivity index (χ0v) is 14.1. The van der Waals surface area contributed by atoms with Gasteiger partial charge in [0.15, 0.2) is 0 Å². The average Bonchev–Trinajstić information content (AvgIpc) is 3.07. The fraction of sp³-hybridized carbons (Fsp3) is 0.278. The Morgan fingerprint density at radius 2 is 2.12 bits per heavy atom. The fourth-order valence-electron chi connectivity index (χ4n) is 2.68. The molecule has 0 fully saturated rings. The number of aromatic nitrogens is 4. The predicted octanol–water partition coefficient (Wildman–Crippen LogP) is 2.29. The number of amides is 1. The number of hydrogen-bond donors (Lipinski definition) is 2. The summed E-state index contributed by atoms with van der Waals surface area (Å²) in [6.45, 7) is 4.46. The number of para-hydroxylation sites is 2. The molecule has 0 aliphatic carbocycles. The maximum atomic E-state index is 12.0. The zero-order chi connectivity index (χ0) is 17.1. The van der Waals surface area contributed by atoms with Gasteiger partial charge in [-0.05, 0) is 32.1 Å². The highest BCUT2D eigenvalue weighted by Gasteiger charge is 2.07. The van der Waals surface area contributed by atoms with Crippen molar-refractivity contribution < 1.29 is 4.79 Å². The highest BCUT2D eigenvalue weighted by atomic mass is 16.1. The molecule has 3 aromatic rings. The molecular formula is C18H21N5O. The van der Waals surface area contributed by atoms with Crippen LogP contribution in [-0.2, 0) is 18.3 Å². The third-order valence-corrected chi connectivity index (χ3v) is 4.07. The van der Waals surface area contributed by atoms with E-state index in [1.807, 2.05) is 55.9 Å². The minimum Gasteiger partial charge on any atom is -0.352 e. The Labute approximate surface area is 140 Å². The summed E-state index contributed by atoms with van der Waals surface area (Å²) < 4.78 is 1.81. The van der Waals surface area contributed by atoms with Gasteiger partial charge in [-0.2, -0.15) is 5.10 Å². The van der Waals surface area contributed by atoms with Gasteiger partial charge in [-0.15, -0.1) is 0 Å². The summed E-state index contributed by atoms with van der Waals surface area (Å²) in [7, 11) is 1.90. The van der Waals surface area contributed by atoms with Gasteiger partial charge in [0.25, 0.3) is 0 Å². The number of benzene rings is 1. The van der Waals surface area contributed by atoms with Crippen molar-refractivity contribution in [1.29, 1.82) is 0 Å². The molecule has 2 N–H and O–H groups in total. The van der Waals surface area contributed by atoms with Gasteiger partial charge in [-0.1, -0.05) is 12.1 Å². The van der Waals surface area contributed by atoms with Crippen LogP contribution in [0.4, 0.5) is 0 Å². The van der Waals surface area contributed by atoms with Crippen LogP contribution in [-0.4, -0.2) is 32.2 Å². The Kier molecular flexibility index (Phi) is 4.46. The smallest absolute Gasteiger partial charge is 0.244 e. The number of aryl methyl sites for hydroxylation is 2. The van der Waals surface area contributed by atoms with E-state index in [-0.39, 0.29) is 5.91 Å². The molecule has 0 saturated carbocycles. The normalized spacial score (nSPS) is 11.5. The van der Waals surface area contributed by atoms with Crippen LogP contribution in [0.3, 0.4) is 0 Å². The third-order valence-electron chi connectivity index (χ3n) is 4.07. The maximum absolute atomic E-state index is 12.0. The average molecular weight is 323 g/mol. The Hall–Kier alpha value is -2.89. The standard InChI is InChI=1S/C18H21N5O/c1-12-14(13(2)23(3)22-12)8-9-18(24)19-11-10-17-20-15-6-4-5-7-16(15)21-17/h4-9H,10-11H2,1-3H3,(H,19,24)(H,20,21)/b9-8+. The summed E-state index contributed by atoms with van der Waals surface area (Å²) in [6.07, 6.45) is 4.03. The minimum absolute atomic E-state index is 0.117. The van der Waals surface area contributed by atoms with Crippen molar-refractivity contribution in [2.75, 3.05) is 6.54 Å². The van der Waals surface area contributed by atoms with Crippen LogP contribution in [0, 0.1) is 13.8 Å². The zero-order valence-electron chi connectivity index (χ0n) is 14.1. The van der Waals surface area contributed by atoms with E-state index < -0.39 is 0 Å². The van der Waals surface area contributed by atoms with E-state index in [2.05, 4.69) is 20.4 Å². The number of aromatic amines is 1. The fourth-order valence-corrected chi connectivity index (χ4v) is 2.68. The van der Waals surface area contributed by atoms with Gasteiger partial charge in [0.2, 0.25) is 5.91 Å². The number of nitrogens with zero attached hydrogens (tertiary/aromatic N) is 3. The van der Waals surface area contributed by atoms with Crippen molar-refractivity contribution in [2.24, 2.45) is 7.05 Å². The molecule has 3 rings (SSSR count). The lowest BCUT2D eigenvalue weighted by Crippen LogP contribution is -2.23. The summed E-state index contributed by atoms with van der Waals surface area (Å²) >= 11 is 0. The predicted molar refractivity (Wildman–Crippen MR) is 94.5 cm³/mol. The number of fused-ring (bicyclic) bond motifs is 1. The molecule has 0 saturated heterocycles. The number of imidazole rings is 1. The summed E-state index contributed by atoms with van der Waals surface area (Å²) in [4.78, 5) is 19.7. The largest absolute Gasteiger partial charge is 0.352 e. The second kappa shape index (κ2) is 6.70. The highest BCUT2D eigenvalue weighted by Crippen LogP contribution is 2.13. The number of carbonyl (C=O) groups is 1. The van der Waals surface area contributed by atoms with Gasteiger partial charge in [0.05, 0.1) is 16.7 Å². The second-order valence-corrected chi connectivity index (χ2v) is 5.78. The molecule has 1 amide bonds. The Balaban J connectivity index is 1.54. The summed E-state index contributed by atoms with van der Waals surface area (Å²) in [6, 6.07) is 7.89. The third kappa shape index (κ3) is 3.37. The van der Waals surface area contributed by atoms with Crippen LogP contribution in [0.25, 0.3) is 17.1 Å². The molecule has 2 aromatic heterocycles. The highest BCUT2D eigenvalue weighted by molar-refractivity contribution is 5.92. The van der Waals surface area contributed by atoms with Crippen LogP contribution in [0.5, 0.6) is 0 Å². The lowest BCUT2D eigenvalue weighted by atomic mass is 10.2. The number of H-pyrrole nitrogens is 1. The molecule has 24 heavy (non-hydrogen) atoms. The van der Waals surface area contributed by atoms with Gasteiger partial charge >= 0.3 is 0 Å². The number of nitrogens with one attached hydrogen (secondary N) is 2. The van der Waals surface area contributed by atoms with Crippen molar-refractivity contribution >= 4 is 23.0 Å².